The second-order valence-electron chi connectivity index (χ2n) is 4.34. The maximum absolute atomic E-state index is 11.2. The van der Waals surface area contributed by atoms with Gasteiger partial charge in [0.05, 0.1) is 6.10 Å². The van der Waals surface area contributed by atoms with Gasteiger partial charge < -0.3 is 9.64 Å². The zero-order valence-corrected chi connectivity index (χ0v) is 8.95. The molecular weight excluding hydrogens is 194 g/mol. The van der Waals surface area contributed by atoms with Crippen LogP contribution in [0.5, 0.6) is 0 Å². The molecule has 2 fully saturated rings. The highest BCUT2D eigenvalue weighted by Crippen LogP contribution is 2.21. The Morgan fingerprint density at radius 2 is 2.13 bits per heavy atom. The third-order valence-corrected chi connectivity index (χ3v) is 3.20. The largest absolute Gasteiger partial charge is 0.364 e. The maximum atomic E-state index is 11.2. The molecule has 2 rings (SSSR count). The minimum atomic E-state index is -0.331. The van der Waals surface area contributed by atoms with E-state index in [1.807, 2.05) is 0 Å². The van der Waals surface area contributed by atoms with E-state index < -0.39 is 0 Å². The summed E-state index contributed by atoms with van der Waals surface area (Å²) in [6.07, 6.45) is 4.22. The number of hydrogen-bond donors (Lipinski definition) is 2. The van der Waals surface area contributed by atoms with Crippen molar-refractivity contribution >= 4 is 5.91 Å². The molecule has 2 atom stereocenters. The smallest absolute Gasteiger partial charge is 0.263 e. The standard InChI is InChI=1S/C10H19N3O2/c11-12-10(14)9-4-3-8(15-9)7-13-5-1-2-6-13/h8-9H,1-7,11H2,(H,12,14). The van der Waals surface area contributed by atoms with Crippen LogP contribution in [0.25, 0.3) is 0 Å². The van der Waals surface area contributed by atoms with E-state index in [1.54, 1.807) is 0 Å². The molecule has 2 saturated heterocycles. The van der Waals surface area contributed by atoms with Crippen molar-refractivity contribution in [2.45, 2.75) is 37.9 Å². The molecule has 3 N–H and O–H groups in total. The van der Waals surface area contributed by atoms with Gasteiger partial charge in [0.1, 0.15) is 6.10 Å². The van der Waals surface area contributed by atoms with Gasteiger partial charge in [-0.25, -0.2) is 5.84 Å². The lowest BCUT2D eigenvalue weighted by molar-refractivity contribution is -0.132. The molecule has 1 amide bonds. The molecule has 0 aromatic rings. The van der Waals surface area contributed by atoms with Gasteiger partial charge in [-0.2, -0.15) is 0 Å². The van der Waals surface area contributed by atoms with Gasteiger partial charge in [0, 0.05) is 6.54 Å². The van der Waals surface area contributed by atoms with E-state index in [9.17, 15) is 4.79 Å². The fourth-order valence-electron chi connectivity index (χ4n) is 2.38. The molecule has 5 heteroatoms. The second kappa shape index (κ2) is 4.92. The topological polar surface area (TPSA) is 67.6 Å². The number of amides is 1. The Balaban J connectivity index is 1.74. The van der Waals surface area contributed by atoms with Crippen LogP contribution in [0.15, 0.2) is 0 Å². The highest BCUT2D eigenvalue weighted by molar-refractivity contribution is 5.80. The van der Waals surface area contributed by atoms with Crippen molar-refractivity contribution in [2.75, 3.05) is 19.6 Å². The van der Waals surface area contributed by atoms with Gasteiger partial charge in [0.25, 0.3) is 5.91 Å². The number of nitrogens with two attached hydrogens (primary N) is 1. The van der Waals surface area contributed by atoms with Crippen LogP contribution in [0, 0.1) is 0 Å². The minimum Gasteiger partial charge on any atom is -0.364 e. The normalized spacial score (nSPS) is 32.1. The Hall–Kier alpha value is -0.650. The van der Waals surface area contributed by atoms with E-state index >= 15 is 0 Å². The van der Waals surface area contributed by atoms with E-state index in [0.717, 1.165) is 19.4 Å². The zero-order valence-electron chi connectivity index (χ0n) is 8.95. The molecule has 2 unspecified atom stereocenters. The molecule has 0 bridgehead atoms. The van der Waals surface area contributed by atoms with Crippen molar-refractivity contribution in [1.82, 2.24) is 10.3 Å². The van der Waals surface area contributed by atoms with E-state index in [2.05, 4.69) is 10.3 Å². The quantitative estimate of drug-likeness (QED) is 0.381. The van der Waals surface area contributed by atoms with Crippen LogP contribution in [0.1, 0.15) is 25.7 Å². The summed E-state index contributed by atoms with van der Waals surface area (Å²) in [6, 6.07) is 0. The van der Waals surface area contributed by atoms with Gasteiger partial charge in [-0.05, 0) is 38.8 Å². The van der Waals surface area contributed by atoms with Crippen molar-refractivity contribution in [3.8, 4) is 0 Å². The van der Waals surface area contributed by atoms with E-state index in [0.29, 0.717) is 0 Å². The molecule has 0 aromatic heterocycles. The summed E-state index contributed by atoms with van der Waals surface area (Å²) in [5.41, 5.74) is 2.14. The van der Waals surface area contributed by atoms with Crippen molar-refractivity contribution in [1.29, 1.82) is 0 Å². The van der Waals surface area contributed by atoms with Crippen LogP contribution in [0.4, 0.5) is 0 Å². The first-order valence-electron chi connectivity index (χ1n) is 5.68. The van der Waals surface area contributed by atoms with Crippen LogP contribution < -0.4 is 11.3 Å². The van der Waals surface area contributed by atoms with E-state index in [4.69, 9.17) is 10.6 Å². The lowest BCUT2D eigenvalue weighted by Gasteiger charge is -2.19. The van der Waals surface area contributed by atoms with Crippen molar-refractivity contribution in [2.24, 2.45) is 5.84 Å². The van der Waals surface area contributed by atoms with Crippen LogP contribution in [0.3, 0.4) is 0 Å². The SMILES string of the molecule is NNC(=O)C1CCC(CN2CCCC2)O1. The monoisotopic (exact) mass is 213 g/mol. The number of nitrogens with zero attached hydrogens (tertiary/aromatic N) is 1. The first-order chi connectivity index (χ1) is 7.29. The number of nitrogens with one attached hydrogen (secondary N) is 1. The lowest BCUT2D eigenvalue weighted by atomic mass is 10.2. The number of likely N-dealkylation sites (tertiary alicyclic amines) is 1. The molecule has 2 heterocycles. The van der Waals surface area contributed by atoms with Crippen LogP contribution in [0.2, 0.25) is 0 Å². The Bertz CT molecular complexity index is 229. The van der Waals surface area contributed by atoms with Crippen molar-refractivity contribution in [3.05, 3.63) is 0 Å². The highest BCUT2D eigenvalue weighted by Gasteiger charge is 2.31. The summed E-state index contributed by atoms with van der Waals surface area (Å²) in [6.45, 7) is 3.32. The van der Waals surface area contributed by atoms with E-state index in [1.165, 1.54) is 25.9 Å². The Morgan fingerprint density at radius 3 is 2.80 bits per heavy atom. The zero-order chi connectivity index (χ0) is 10.7. The number of hydrazine groups is 1. The number of hydrogen-bond acceptors (Lipinski definition) is 4. The Labute approximate surface area is 89.9 Å². The molecule has 2 aliphatic heterocycles. The third-order valence-electron chi connectivity index (χ3n) is 3.20. The van der Waals surface area contributed by atoms with Gasteiger partial charge >= 0.3 is 0 Å². The van der Waals surface area contributed by atoms with Gasteiger partial charge in [-0.3, -0.25) is 10.2 Å². The van der Waals surface area contributed by atoms with E-state index in [-0.39, 0.29) is 18.1 Å². The highest BCUT2D eigenvalue weighted by atomic mass is 16.5. The third kappa shape index (κ3) is 2.68. The molecule has 0 aromatic carbocycles. The molecule has 0 saturated carbocycles. The number of carbonyl (C=O) groups is 1. The fourth-order valence-corrected chi connectivity index (χ4v) is 2.38. The minimum absolute atomic E-state index is 0.195. The van der Waals surface area contributed by atoms with Crippen LogP contribution in [-0.4, -0.2) is 42.6 Å². The number of carbonyl (C=O) groups excluding carboxylic acids is 1. The van der Waals surface area contributed by atoms with Crippen LogP contribution >= 0.6 is 0 Å². The molecule has 0 aliphatic carbocycles. The van der Waals surface area contributed by atoms with Crippen molar-refractivity contribution < 1.29 is 9.53 Å². The second-order valence-corrected chi connectivity index (χ2v) is 4.34. The molecule has 15 heavy (non-hydrogen) atoms. The Morgan fingerprint density at radius 1 is 1.40 bits per heavy atom. The molecular formula is C10H19N3O2. The summed E-state index contributed by atoms with van der Waals surface area (Å²) in [7, 11) is 0. The maximum Gasteiger partial charge on any atom is 0.263 e. The van der Waals surface area contributed by atoms with Gasteiger partial charge in [0.2, 0.25) is 0 Å². The first kappa shape index (κ1) is 10.9. The summed E-state index contributed by atoms with van der Waals surface area (Å²) in [5, 5.41) is 0. The predicted molar refractivity (Wildman–Crippen MR) is 55.9 cm³/mol. The van der Waals surface area contributed by atoms with Crippen molar-refractivity contribution in [3.63, 3.8) is 0 Å². The lowest BCUT2D eigenvalue weighted by Crippen LogP contribution is -2.40. The molecule has 0 radical (unpaired) electrons. The Kier molecular flexibility index (Phi) is 3.56. The molecule has 2 aliphatic rings. The average molecular weight is 213 g/mol. The molecule has 0 spiro atoms. The summed E-state index contributed by atoms with van der Waals surface area (Å²) in [5.74, 6) is 4.88. The van der Waals surface area contributed by atoms with Gasteiger partial charge in [-0.1, -0.05) is 0 Å². The summed E-state index contributed by atoms with van der Waals surface area (Å²) < 4.78 is 5.64. The first-order valence-corrected chi connectivity index (χ1v) is 5.68. The molecule has 5 nitrogen and oxygen atoms in total. The van der Waals surface area contributed by atoms with Gasteiger partial charge in [0.15, 0.2) is 0 Å². The number of rotatable bonds is 3. The predicted octanol–water partition coefficient (Wildman–Crippen LogP) is -0.380. The van der Waals surface area contributed by atoms with Gasteiger partial charge in [-0.15, -0.1) is 0 Å². The fraction of sp³-hybridized carbons (Fsp3) is 0.900. The number of ether oxygens (including phenoxy) is 1. The summed E-state index contributed by atoms with van der Waals surface area (Å²) >= 11 is 0. The van der Waals surface area contributed by atoms with Crippen LogP contribution in [-0.2, 0) is 9.53 Å². The molecule has 86 valence electrons. The average Bonchev–Trinajstić information content (AvgIpc) is 2.88. The summed E-state index contributed by atoms with van der Waals surface area (Å²) in [4.78, 5) is 13.6.